The fourth-order valence-corrected chi connectivity index (χ4v) is 3.83. The van der Waals surface area contributed by atoms with Crippen molar-refractivity contribution in [3.05, 3.63) is 28.8 Å². The van der Waals surface area contributed by atoms with Gasteiger partial charge in [0.1, 0.15) is 0 Å². The molecule has 2 rings (SSSR count). The lowest BCUT2D eigenvalue weighted by molar-refractivity contribution is 0.0531. The topological polar surface area (TPSA) is 104 Å². The van der Waals surface area contributed by atoms with E-state index in [9.17, 15) is 18.3 Å². The summed E-state index contributed by atoms with van der Waals surface area (Å²) in [6.45, 7) is -0.0619. The van der Waals surface area contributed by atoms with Crippen LogP contribution in [-0.2, 0) is 10.0 Å². The molecule has 1 aliphatic carbocycles. The Hall–Kier alpha value is -1.15. The van der Waals surface area contributed by atoms with E-state index in [-0.39, 0.29) is 22.0 Å². The summed E-state index contributed by atoms with van der Waals surface area (Å²) in [5.74, 6) is -1.22. The summed E-state index contributed by atoms with van der Waals surface area (Å²) < 4.78 is 26.6. The van der Waals surface area contributed by atoms with E-state index in [2.05, 4.69) is 4.72 Å². The molecule has 3 N–H and O–H groups in total. The van der Waals surface area contributed by atoms with Crippen LogP contribution >= 0.6 is 11.6 Å². The fraction of sp³-hybridized carbons (Fsp3) is 0.462. The molecule has 0 aliphatic heterocycles. The molecule has 1 aromatic rings. The highest BCUT2D eigenvalue weighted by Gasteiger charge is 2.32. The largest absolute Gasteiger partial charge is 0.478 e. The molecular weight excluding hydrogens is 318 g/mol. The Bertz CT molecular complexity index is 653. The van der Waals surface area contributed by atoms with Gasteiger partial charge in [0.25, 0.3) is 0 Å². The van der Waals surface area contributed by atoms with E-state index in [0.29, 0.717) is 12.8 Å². The monoisotopic (exact) mass is 333 g/mol. The normalized spacial score (nSPS) is 17.8. The van der Waals surface area contributed by atoms with Crippen LogP contribution in [0.5, 0.6) is 0 Å². The Labute approximate surface area is 127 Å². The predicted octanol–water partition coefficient (Wildman–Crippen LogP) is 1.62. The first-order valence-corrected chi connectivity index (χ1v) is 8.35. The fourth-order valence-electron chi connectivity index (χ4n) is 2.36. The van der Waals surface area contributed by atoms with Crippen molar-refractivity contribution in [3.8, 4) is 0 Å². The number of halogens is 1. The molecule has 1 aliphatic rings. The number of carbonyl (C=O) groups is 1. The first-order valence-electron chi connectivity index (χ1n) is 6.48. The Morgan fingerprint density at radius 2 is 1.95 bits per heavy atom. The molecule has 8 heteroatoms. The number of aliphatic hydroxyl groups is 1. The molecule has 0 atom stereocenters. The van der Waals surface area contributed by atoms with E-state index in [1.165, 1.54) is 6.07 Å². The first kappa shape index (κ1) is 16.2. The molecule has 1 saturated carbocycles. The molecule has 0 saturated heterocycles. The highest BCUT2D eigenvalue weighted by molar-refractivity contribution is 7.89. The van der Waals surface area contributed by atoms with Gasteiger partial charge in [0.2, 0.25) is 10.0 Å². The average molecular weight is 334 g/mol. The number of rotatable bonds is 5. The number of sulfonamides is 1. The molecule has 0 spiro atoms. The molecule has 0 heterocycles. The number of benzene rings is 1. The Morgan fingerprint density at radius 1 is 1.33 bits per heavy atom. The quantitative estimate of drug-likeness (QED) is 0.759. The summed E-state index contributed by atoms with van der Waals surface area (Å²) in [5, 5.41) is 18.9. The van der Waals surface area contributed by atoms with Crippen molar-refractivity contribution in [2.45, 2.75) is 36.2 Å². The van der Waals surface area contributed by atoms with Crippen molar-refractivity contribution in [1.29, 1.82) is 0 Å². The van der Waals surface area contributed by atoms with Crippen LogP contribution < -0.4 is 4.72 Å². The Balaban J connectivity index is 2.16. The van der Waals surface area contributed by atoms with Gasteiger partial charge in [-0.25, -0.2) is 17.9 Å². The van der Waals surface area contributed by atoms with Crippen LogP contribution in [0.25, 0.3) is 0 Å². The molecule has 0 unspecified atom stereocenters. The van der Waals surface area contributed by atoms with Crippen molar-refractivity contribution in [2.24, 2.45) is 0 Å². The third-order valence-corrected chi connectivity index (χ3v) is 5.32. The Kier molecular flexibility index (Phi) is 4.57. The van der Waals surface area contributed by atoms with Gasteiger partial charge < -0.3 is 10.2 Å². The zero-order valence-electron chi connectivity index (χ0n) is 11.2. The summed E-state index contributed by atoms with van der Waals surface area (Å²) in [6.07, 6.45) is 2.87. The zero-order chi connectivity index (χ0) is 15.7. The lowest BCUT2D eigenvalue weighted by Gasteiger charge is -2.22. The van der Waals surface area contributed by atoms with Gasteiger partial charge >= 0.3 is 5.97 Å². The summed E-state index contributed by atoms with van der Waals surface area (Å²) in [4.78, 5) is 10.7. The zero-order valence-corrected chi connectivity index (χ0v) is 12.7. The summed E-state index contributed by atoms with van der Waals surface area (Å²) in [7, 11) is -3.84. The van der Waals surface area contributed by atoms with Crippen LogP contribution in [0.3, 0.4) is 0 Å². The maximum Gasteiger partial charge on any atom is 0.337 e. The SMILES string of the molecule is O=C(O)c1ccc(S(=O)(=O)NCC2(O)CCCC2)cc1Cl. The summed E-state index contributed by atoms with van der Waals surface area (Å²) in [5.41, 5.74) is -1.16. The third-order valence-electron chi connectivity index (χ3n) is 3.61. The van der Waals surface area contributed by atoms with Gasteiger partial charge in [0.15, 0.2) is 0 Å². The third kappa shape index (κ3) is 3.74. The van der Waals surface area contributed by atoms with Gasteiger partial charge in [-0.2, -0.15) is 0 Å². The number of hydrogen-bond acceptors (Lipinski definition) is 4. The highest BCUT2D eigenvalue weighted by Crippen LogP contribution is 2.29. The van der Waals surface area contributed by atoms with E-state index in [1.807, 2.05) is 0 Å². The number of hydrogen-bond donors (Lipinski definition) is 3. The van der Waals surface area contributed by atoms with Crippen LogP contribution in [0.1, 0.15) is 36.0 Å². The number of aromatic carboxylic acids is 1. The molecule has 1 aromatic carbocycles. The minimum Gasteiger partial charge on any atom is -0.478 e. The number of carboxylic acids is 1. The van der Waals surface area contributed by atoms with E-state index >= 15 is 0 Å². The maximum absolute atomic E-state index is 12.1. The molecule has 0 amide bonds. The van der Waals surface area contributed by atoms with Crippen molar-refractivity contribution in [3.63, 3.8) is 0 Å². The summed E-state index contributed by atoms with van der Waals surface area (Å²) in [6, 6.07) is 3.41. The summed E-state index contributed by atoms with van der Waals surface area (Å²) >= 11 is 5.76. The molecule has 0 radical (unpaired) electrons. The molecule has 0 aromatic heterocycles. The number of nitrogens with one attached hydrogen (secondary N) is 1. The van der Waals surface area contributed by atoms with Gasteiger partial charge in [-0.3, -0.25) is 0 Å². The van der Waals surface area contributed by atoms with Crippen molar-refractivity contribution >= 4 is 27.6 Å². The predicted molar refractivity (Wildman–Crippen MR) is 77.0 cm³/mol. The second kappa shape index (κ2) is 5.92. The van der Waals surface area contributed by atoms with Gasteiger partial charge in [-0.05, 0) is 31.0 Å². The van der Waals surface area contributed by atoms with Gasteiger partial charge in [0.05, 0.1) is 21.1 Å². The van der Waals surface area contributed by atoms with Crippen LogP contribution in [0.15, 0.2) is 23.1 Å². The Morgan fingerprint density at radius 3 is 2.48 bits per heavy atom. The van der Waals surface area contributed by atoms with Crippen molar-refractivity contribution in [2.75, 3.05) is 6.54 Å². The highest BCUT2D eigenvalue weighted by atomic mass is 35.5. The van der Waals surface area contributed by atoms with Crippen LogP contribution in [0, 0.1) is 0 Å². The molecular formula is C13H16ClNO5S. The second-order valence-corrected chi connectivity index (χ2v) is 7.38. The van der Waals surface area contributed by atoms with Crippen LogP contribution in [0.2, 0.25) is 5.02 Å². The van der Waals surface area contributed by atoms with Crippen molar-refractivity contribution in [1.82, 2.24) is 4.72 Å². The number of carboxylic acid groups (broad SMARTS) is 1. The molecule has 1 fully saturated rings. The van der Waals surface area contributed by atoms with Crippen LogP contribution in [-0.4, -0.2) is 36.7 Å². The second-order valence-electron chi connectivity index (χ2n) is 5.20. The molecule has 6 nitrogen and oxygen atoms in total. The lowest BCUT2D eigenvalue weighted by Crippen LogP contribution is -2.40. The molecule has 116 valence electrons. The molecule has 21 heavy (non-hydrogen) atoms. The van der Waals surface area contributed by atoms with E-state index in [1.54, 1.807) is 0 Å². The van der Waals surface area contributed by atoms with Gasteiger partial charge in [0, 0.05) is 6.54 Å². The molecule has 0 bridgehead atoms. The van der Waals surface area contributed by atoms with Gasteiger partial charge in [-0.1, -0.05) is 24.4 Å². The maximum atomic E-state index is 12.1. The van der Waals surface area contributed by atoms with E-state index < -0.39 is 21.6 Å². The van der Waals surface area contributed by atoms with Crippen LogP contribution in [0.4, 0.5) is 0 Å². The smallest absolute Gasteiger partial charge is 0.337 e. The minimum absolute atomic E-state index is 0.0619. The minimum atomic E-state index is -3.84. The van der Waals surface area contributed by atoms with Crippen molar-refractivity contribution < 1.29 is 23.4 Å². The first-order chi connectivity index (χ1) is 9.73. The lowest BCUT2D eigenvalue weighted by atomic mass is 10.0. The van der Waals surface area contributed by atoms with E-state index in [4.69, 9.17) is 16.7 Å². The average Bonchev–Trinajstić information content (AvgIpc) is 2.84. The van der Waals surface area contributed by atoms with Gasteiger partial charge in [-0.15, -0.1) is 0 Å². The van der Waals surface area contributed by atoms with E-state index in [0.717, 1.165) is 25.0 Å². The standard InChI is InChI=1S/C13H16ClNO5S/c14-11-7-9(3-4-10(11)12(16)17)21(19,20)15-8-13(18)5-1-2-6-13/h3-4,7,15,18H,1-2,5-6,8H2,(H,16,17).